The van der Waals surface area contributed by atoms with Crippen LogP contribution in [-0.4, -0.2) is 19.5 Å². The Morgan fingerprint density at radius 1 is 1.27 bits per heavy atom. The molecule has 0 radical (unpaired) electrons. The van der Waals surface area contributed by atoms with Crippen LogP contribution in [0.1, 0.15) is 11.4 Å². The molecule has 2 heterocycles. The van der Waals surface area contributed by atoms with Crippen LogP contribution in [0.3, 0.4) is 0 Å². The summed E-state index contributed by atoms with van der Waals surface area (Å²) in [5.74, 6) is -0.337. The van der Waals surface area contributed by atoms with Gasteiger partial charge in [-0.25, -0.2) is 9.50 Å². The molecule has 0 bridgehead atoms. The number of fused-ring (bicyclic) bond motifs is 1. The minimum Gasteiger partial charge on any atom is -0.380 e. The van der Waals surface area contributed by atoms with E-state index in [2.05, 4.69) is 20.3 Å². The Bertz CT molecular complexity index is 1040. The molecule has 0 spiro atoms. The fourth-order valence-corrected chi connectivity index (χ4v) is 2.25. The molecule has 0 saturated heterocycles. The van der Waals surface area contributed by atoms with Crippen molar-refractivity contribution >= 4 is 28.5 Å². The van der Waals surface area contributed by atoms with Crippen LogP contribution in [0.2, 0.25) is 0 Å². The summed E-state index contributed by atoms with van der Waals surface area (Å²) in [4.78, 5) is 14.3. The first-order valence-corrected chi connectivity index (χ1v) is 7.06. The summed E-state index contributed by atoms with van der Waals surface area (Å²) in [6, 6.07) is 6.33. The molecule has 0 aliphatic carbocycles. The van der Waals surface area contributed by atoms with Crippen molar-refractivity contribution in [3.05, 3.63) is 51.8 Å². The maximum atomic E-state index is 13.2. The van der Waals surface area contributed by atoms with Gasteiger partial charge >= 0.3 is 6.18 Å². The summed E-state index contributed by atoms with van der Waals surface area (Å²) in [7, 11) is 0. The number of aromatic nitrogens is 3. The number of hydrogen-bond donors (Lipinski definition) is 1. The van der Waals surface area contributed by atoms with Crippen molar-refractivity contribution in [3.63, 3.8) is 0 Å². The zero-order valence-corrected chi connectivity index (χ0v) is 13.1. The molecule has 9 nitrogen and oxygen atoms in total. The first-order valence-electron chi connectivity index (χ1n) is 7.06. The largest absolute Gasteiger partial charge is 0.433 e. The molecule has 0 saturated carbocycles. The van der Waals surface area contributed by atoms with Crippen LogP contribution in [0, 0.1) is 17.0 Å². The van der Waals surface area contributed by atoms with Gasteiger partial charge in [0.15, 0.2) is 22.8 Å². The number of benzene rings is 1. The second-order valence-electron chi connectivity index (χ2n) is 5.20. The number of nitrogens with zero attached hydrogens (tertiary/aromatic N) is 6. The lowest BCUT2D eigenvalue weighted by Gasteiger charge is -2.09. The molecule has 0 fully saturated rings. The zero-order valence-electron chi connectivity index (χ0n) is 13.1. The topological polar surface area (TPSA) is 124 Å². The predicted octanol–water partition coefficient (Wildman–Crippen LogP) is 3.96. The number of anilines is 1. The lowest BCUT2D eigenvalue weighted by molar-refractivity contribution is -0.384. The number of hydrogen-bond acceptors (Lipinski definition) is 7. The number of nitrogen functional groups attached to an aromatic ring is 1. The smallest absolute Gasteiger partial charge is 0.380 e. The van der Waals surface area contributed by atoms with E-state index >= 15 is 0 Å². The maximum absolute atomic E-state index is 13.2. The van der Waals surface area contributed by atoms with Gasteiger partial charge in [-0.15, -0.1) is 15.3 Å². The van der Waals surface area contributed by atoms with Crippen molar-refractivity contribution in [2.24, 2.45) is 10.2 Å². The van der Waals surface area contributed by atoms with E-state index in [1.807, 2.05) is 0 Å². The number of rotatable bonds is 3. The van der Waals surface area contributed by atoms with Crippen molar-refractivity contribution in [3.8, 4) is 0 Å². The van der Waals surface area contributed by atoms with Gasteiger partial charge in [-0.2, -0.15) is 13.2 Å². The molecule has 0 unspecified atom stereocenters. The molecule has 3 rings (SSSR count). The molecule has 3 aromatic rings. The number of nitro benzene ring substituents is 1. The van der Waals surface area contributed by atoms with Crippen LogP contribution in [0.4, 0.5) is 36.1 Å². The fourth-order valence-electron chi connectivity index (χ4n) is 2.25. The van der Waals surface area contributed by atoms with E-state index < -0.39 is 16.8 Å². The van der Waals surface area contributed by atoms with Gasteiger partial charge in [0.1, 0.15) is 5.69 Å². The van der Waals surface area contributed by atoms with Gasteiger partial charge < -0.3 is 5.73 Å². The molecule has 1 aromatic carbocycles. The van der Waals surface area contributed by atoms with E-state index in [9.17, 15) is 23.3 Å². The number of aryl methyl sites for hydroxylation is 1. The Morgan fingerprint density at radius 2 is 1.96 bits per heavy atom. The molecule has 0 aliphatic rings. The monoisotopic (exact) mass is 365 g/mol. The Balaban J connectivity index is 2.17. The molecule has 2 aromatic heterocycles. The summed E-state index contributed by atoms with van der Waals surface area (Å²) in [5.41, 5.74) is 3.80. The summed E-state index contributed by atoms with van der Waals surface area (Å²) in [5, 5.41) is 22.1. The normalized spacial score (nSPS) is 12.2. The van der Waals surface area contributed by atoms with Crippen LogP contribution in [0.5, 0.6) is 0 Å². The maximum Gasteiger partial charge on any atom is 0.433 e. The number of nitro groups is 1. The van der Waals surface area contributed by atoms with Crippen LogP contribution in [0.15, 0.2) is 40.6 Å². The standard InChI is InChI=1S/C14H10F3N7O2/c1-7-6-10(14(15,16)17)23-13(19-7)11(12(18)22-23)21-20-8-4-2-3-5-9(8)24(25)26/h2-6H,1H3,(H2,18,22). The SMILES string of the molecule is Cc1cc(C(F)(F)F)n2nc(N)c(N=Nc3ccccc3[N+](=O)[O-])c2n1. The van der Waals surface area contributed by atoms with E-state index in [4.69, 9.17) is 5.73 Å². The van der Waals surface area contributed by atoms with Gasteiger partial charge in [0.05, 0.1) is 4.92 Å². The minimum atomic E-state index is -4.68. The average molecular weight is 365 g/mol. The first kappa shape index (κ1) is 17.3. The van der Waals surface area contributed by atoms with Gasteiger partial charge in [-0.05, 0) is 19.1 Å². The quantitative estimate of drug-likeness (QED) is 0.427. The third-order valence-corrected chi connectivity index (χ3v) is 3.35. The fraction of sp³-hybridized carbons (Fsp3) is 0.143. The van der Waals surface area contributed by atoms with Gasteiger partial charge in [0.2, 0.25) is 0 Å². The zero-order chi connectivity index (χ0) is 19.1. The van der Waals surface area contributed by atoms with Gasteiger partial charge in [-0.3, -0.25) is 10.1 Å². The minimum absolute atomic E-state index is 0.0758. The summed E-state index contributed by atoms with van der Waals surface area (Å²) < 4.78 is 40.0. The summed E-state index contributed by atoms with van der Waals surface area (Å²) in [6.07, 6.45) is -4.68. The summed E-state index contributed by atoms with van der Waals surface area (Å²) in [6.45, 7) is 1.38. The lowest BCUT2D eigenvalue weighted by Crippen LogP contribution is -2.13. The van der Waals surface area contributed by atoms with Crippen LogP contribution >= 0.6 is 0 Å². The lowest BCUT2D eigenvalue weighted by atomic mass is 10.3. The number of halogens is 3. The molecule has 12 heteroatoms. The van der Waals surface area contributed by atoms with Crippen molar-refractivity contribution in [1.82, 2.24) is 14.6 Å². The second kappa shape index (κ2) is 6.06. The number of nitrogens with two attached hydrogens (primary N) is 1. The highest BCUT2D eigenvalue weighted by Crippen LogP contribution is 2.35. The molecular weight excluding hydrogens is 355 g/mol. The molecular formula is C14H10F3N7O2. The number of alkyl halides is 3. The van der Waals surface area contributed by atoms with E-state index in [0.717, 1.165) is 6.07 Å². The van der Waals surface area contributed by atoms with Crippen molar-refractivity contribution in [2.45, 2.75) is 13.1 Å². The van der Waals surface area contributed by atoms with Crippen LogP contribution in [-0.2, 0) is 6.18 Å². The highest BCUT2D eigenvalue weighted by Gasteiger charge is 2.35. The first-order chi connectivity index (χ1) is 12.2. The number of azo groups is 1. The second-order valence-corrected chi connectivity index (χ2v) is 5.20. The van der Waals surface area contributed by atoms with E-state index in [1.165, 1.54) is 31.2 Å². The molecule has 0 atom stereocenters. The third-order valence-electron chi connectivity index (χ3n) is 3.35. The van der Waals surface area contributed by atoms with E-state index in [0.29, 0.717) is 4.52 Å². The van der Waals surface area contributed by atoms with Crippen molar-refractivity contribution in [2.75, 3.05) is 5.73 Å². The third kappa shape index (κ3) is 3.03. The molecule has 134 valence electrons. The molecule has 2 N–H and O–H groups in total. The van der Waals surface area contributed by atoms with Gasteiger partial charge in [-0.1, -0.05) is 12.1 Å². The predicted molar refractivity (Wildman–Crippen MR) is 84.4 cm³/mol. The van der Waals surface area contributed by atoms with E-state index in [-0.39, 0.29) is 34.2 Å². The number of para-hydroxylation sites is 1. The highest BCUT2D eigenvalue weighted by atomic mass is 19.4. The Hall–Kier alpha value is -3.57. The Morgan fingerprint density at radius 3 is 2.62 bits per heavy atom. The summed E-state index contributed by atoms with van der Waals surface area (Å²) >= 11 is 0. The van der Waals surface area contributed by atoms with Gasteiger partial charge in [0.25, 0.3) is 5.69 Å². The Labute approximate surface area is 143 Å². The van der Waals surface area contributed by atoms with Crippen molar-refractivity contribution < 1.29 is 18.1 Å². The van der Waals surface area contributed by atoms with E-state index in [1.54, 1.807) is 0 Å². The van der Waals surface area contributed by atoms with Crippen LogP contribution in [0.25, 0.3) is 5.65 Å². The molecule has 0 amide bonds. The molecule has 26 heavy (non-hydrogen) atoms. The van der Waals surface area contributed by atoms with Gasteiger partial charge in [0, 0.05) is 11.8 Å². The highest BCUT2D eigenvalue weighted by molar-refractivity contribution is 5.76. The average Bonchev–Trinajstić information content (AvgIpc) is 2.86. The Kier molecular flexibility index (Phi) is 4.02. The van der Waals surface area contributed by atoms with Crippen LogP contribution < -0.4 is 5.73 Å². The van der Waals surface area contributed by atoms with Crippen molar-refractivity contribution in [1.29, 1.82) is 0 Å². The molecule has 0 aliphatic heterocycles.